The Hall–Kier alpha value is -0.650. The minimum Gasteiger partial charge on any atom is -0.273 e. The molecule has 1 aromatic rings. The molecule has 1 aliphatic rings. The number of thiol groups is 1. The molecule has 98 valence electrons. The van der Waals surface area contributed by atoms with E-state index in [1.807, 2.05) is 18.2 Å². The van der Waals surface area contributed by atoms with Crippen LogP contribution in [0.1, 0.15) is 19.8 Å². The number of thioether (sulfide) groups is 1. The molecule has 2 rings (SSSR count). The second-order valence-corrected chi connectivity index (χ2v) is 5.84. The summed E-state index contributed by atoms with van der Waals surface area (Å²) in [7, 11) is 0. The topological polar surface area (TPSA) is 23.6 Å². The van der Waals surface area contributed by atoms with Crippen LogP contribution < -0.4 is 0 Å². The molecule has 0 aliphatic carbocycles. The Bertz CT molecular complexity index is 399. The van der Waals surface area contributed by atoms with E-state index in [2.05, 4.69) is 31.9 Å². The van der Waals surface area contributed by atoms with Crippen LogP contribution >= 0.6 is 24.6 Å². The Kier molecular flexibility index (Phi) is 4.97. The summed E-state index contributed by atoms with van der Waals surface area (Å²) in [4.78, 5) is 13.3. The van der Waals surface area contributed by atoms with Gasteiger partial charge in [0.15, 0.2) is 0 Å². The van der Waals surface area contributed by atoms with Crippen molar-refractivity contribution in [1.29, 1.82) is 0 Å². The van der Waals surface area contributed by atoms with E-state index in [1.54, 1.807) is 21.2 Å². The summed E-state index contributed by atoms with van der Waals surface area (Å²) in [6.07, 6.45) is 1.99. The molecule has 0 bridgehead atoms. The van der Waals surface area contributed by atoms with Gasteiger partial charge in [-0.2, -0.15) is 4.41 Å². The van der Waals surface area contributed by atoms with E-state index in [0.29, 0.717) is 5.88 Å². The van der Waals surface area contributed by atoms with E-state index in [9.17, 15) is 4.79 Å². The number of carbonyl (C=O) groups excluding carboxylic acids is 1. The van der Waals surface area contributed by atoms with E-state index in [1.165, 1.54) is 4.90 Å². The largest absolute Gasteiger partial charge is 0.273 e. The van der Waals surface area contributed by atoms with Crippen molar-refractivity contribution in [2.45, 2.75) is 24.7 Å². The first-order chi connectivity index (χ1) is 8.72. The third-order valence-corrected chi connectivity index (χ3v) is 4.36. The smallest absolute Gasteiger partial charge is 0.242 e. The van der Waals surface area contributed by atoms with Crippen LogP contribution in [-0.4, -0.2) is 27.8 Å². The van der Waals surface area contributed by atoms with Gasteiger partial charge in [-0.3, -0.25) is 9.80 Å². The lowest BCUT2D eigenvalue weighted by Crippen LogP contribution is -2.32. The highest BCUT2D eigenvalue weighted by Crippen LogP contribution is 2.27. The molecule has 1 aliphatic heterocycles. The molecule has 0 N–H and O–H groups in total. The number of hydrogen-bond acceptors (Lipinski definition) is 4. The monoisotopic (exact) mass is 282 g/mol. The predicted octanol–water partition coefficient (Wildman–Crippen LogP) is 3.06. The zero-order valence-electron chi connectivity index (χ0n) is 10.5. The Morgan fingerprint density at radius 2 is 2.11 bits per heavy atom. The van der Waals surface area contributed by atoms with Crippen molar-refractivity contribution >= 4 is 30.5 Å². The normalized spacial score (nSPS) is 20.7. The second-order valence-electron chi connectivity index (χ2n) is 4.36. The average molecular weight is 282 g/mol. The Balaban J connectivity index is 1.91. The van der Waals surface area contributed by atoms with Gasteiger partial charge in [0.25, 0.3) is 0 Å². The van der Waals surface area contributed by atoms with Crippen LogP contribution in [0.5, 0.6) is 0 Å². The number of benzene rings is 1. The summed E-state index contributed by atoms with van der Waals surface area (Å²) in [6, 6.07) is 10.1. The standard InChI is InChI=1S/C13H18N2OS2/c1-2-6-11-9-15(17)14(13(11)16)10-18-12-7-4-3-5-8-12/h3-5,7-8,11,17H,2,6,9-10H2,1H3. The molecule has 5 heteroatoms. The second kappa shape index (κ2) is 6.50. The summed E-state index contributed by atoms with van der Waals surface area (Å²) in [5.74, 6) is 0.950. The summed E-state index contributed by atoms with van der Waals surface area (Å²) < 4.78 is 1.75. The molecule has 0 saturated carbocycles. The van der Waals surface area contributed by atoms with Gasteiger partial charge in [0, 0.05) is 11.4 Å². The van der Waals surface area contributed by atoms with Crippen LogP contribution in [0.2, 0.25) is 0 Å². The van der Waals surface area contributed by atoms with Gasteiger partial charge < -0.3 is 0 Å². The minimum absolute atomic E-state index is 0.115. The van der Waals surface area contributed by atoms with E-state index in [0.717, 1.165) is 19.4 Å². The molecule has 0 radical (unpaired) electrons. The predicted molar refractivity (Wildman–Crippen MR) is 78.1 cm³/mol. The van der Waals surface area contributed by atoms with Crippen molar-refractivity contribution < 1.29 is 4.79 Å². The molecule has 1 atom stereocenters. The van der Waals surface area contributed by atoms with Gasteiger partial charge in [0.05, 0.1) is 11.8 Å². The Morgan fingerprint density at radius 3 is 2.78 bits per heavy atom. The fourth-order valence-corrected chi connectivity index (χ4v) is 3.37. The number of rotatable bonds is 5. The first-order valence-electron chi connectivity index (χ1n) is 6.18. The van der Waals surface area contributed by atoms with E-state index >= 15 is 0 Å². The van der Waals surface area contributed by atoms with Crippen LogP contribution in [0.15, 0.2) is 35.2 Å². The van der Waals surface area contributed by atoms with Gasteiger partial charge in [-0.05, 0) is 18.6 Å². The van der Waals surface area contributed by atoms with Crippen LogP contribution in [0.25, 0.3) is 0 Å². The zero-order chi connectivity index (χ0) is 13.0. The molecule has 1 unspecified atom stereocenters. The fraction of sp³-hybridized carbons (Fsp3) is 0.462. The third kappa shape index (κ3) is 3.22. The Labute approximate surface area is 118 Å². The van der Waals surface area contributed by atoms with Gasteiger partial charge in [0.2, 0.25) is 5.91 Å². The highest BCUT2D eigenvalue weighted by Gasteiger charge is 2.35. The zero-order valence-corrected chi connectivity index (χ0v) is 12.2. The molecule has 1 saturated heterocycles. The first-order valence-corrected chi connectivity index (χ1v) is 7.56. The molecule has 1 amide bonds. The quantitative estimate of drug-likeness (QED) is 0.663. The Morgan fingerprint density at radius 1 is 1.39 bits per heavy atom. The van der Waals surface area contributed by atoms with E-state index < -0.39 is 0 Å². The fourth-order valence-electron chi connectivity index (χ4n) is 2.04. The van der Waals surface area contributed by atoms with Crippen molar-refractivity contribution in [3.05, 3.63) is 30.3 Å². The summed E-state index contributed by atoms with van der Waals surface area (Å²) in [6.45, 7) is 2.84. The van der Waals surface area contributed by atoms with E-state index in [-0.39, 0.29) is 11.8 Å². The van der Waals surface area contributed by atoms with Crippen LogP contribution in [0, 0.1) is 5.92 Å². The van der Waals surface area contributed by atoms with Crippen molar-refractivity contribution in [1.82, 2.24) is 9.42 Å². The lowest BCUT2D eigenvalue weighted by atomic mass is 10.1. The summed E-state index contributed by atoms with van der Waals surface area (Å²) in [5, 5.41) is 1.74. The van der Waals surface area contributed by atoms with Crippen molar-refractivity contribution in [3.63, 3.8) is 0 Å². The van der Waals surface area contributed by atoms with Gasteiger partial charge >= 0.3 is 0 Å². The van der Waals surface area contributed by atoms with Crippen molar-refractivity contribution in [2.24, 2.45) is 5.92 Å². The van der Waals surface area contributed by atoms with Crippen molar-refractivity contribution in [3.8, 4) is 0 Å². The molecule has 18 heavy (non-hydrogen) atoms. The van der Waals surface area contributed by atoms with Crippen LogP contribution in [0.4, 0.5) is 0 Å². The minimum atomic E-state index is 0.115. The van der Waals surface area contributed by atoms with E-state index in [4.69, 9.17) is 0 Å². The lowest BCUT2D eigenvalue weighted by Gasteiger charge is -2.21. The molecule has 1 aromatic carbocycles. The van der Waals surface area contributed by atoms with Gasteiger partial charge in [-0.15, -0.1) is 11.8 Å². The summed E-state index contributed by atoms with van der Waals surface area (Å²) in [5.41, 5.74) is 0. The molecule has 1 heterocycles. The average Bonchev–Trinajstić information content (AvgIpc) is 2.64. The maximum atomic E-state index is 12.1. The maximum Gasteiger partial charge on any atom is 0.242 e. The highest BCUT2D eigenvalue weighted by molar-refractivity contribution is 7.99. The van der Waals surface area contributed by atoms with Crippen LogP contribution in [0.3, 0.4) is 0 Å². The van der Waals surface area contributed by atoms with Gasteiger partial charge in [0.1, 0.15) is 0 Å². The molecular weight excluding hydrogens is 264 g/mol. The lowest BCUT2D eigenvalue weighted by molar-refractivity contribution is -0.134. The van der Waals surface area contributed by atoms with Gasteiger partial charge in [-0.1, -0.05) is 44.4 Å². The third-order valence-electron chi connectivity index (χ3n) is 3.00. The molecule has 1 fully saturated rings. The summed E-state index contributed by atoms with van der Waals surface area (Å²) >= 11 is 6.03. The number of amides is 1. The SMILES string of the molecule is CCCC1CN(S)N(CSc2ccccc2)C1=O. The molecule has 3 nitrogen and oxygen atoms in total. The molecule has 0 spiro atoms. The highest BCUT2D eigenvalue weighted by atomic mass is 32.2. The first kappa shape index (κ1) is 13.8. The van der Waals surface area contributed by atoms with Crippen molar-refractivity contribution in [2.75, 3.05) is 12.4 Å². The molecular formula is C13H18N2OS2. The molecule has 0 aromatic heterocycles. The number of carbonyl (C=O) groups is 1. The number of hydrazine groups is 1. The number of nitrogens with zero attached hydrogens (tertiary/aromatic N) is 2. The number of hydrogen-bond donors (Lipinski definition) is 1. The maximum absolute atomic E-state index is 12.1. The van der Waals surface area contributed by atoms with Gasteiger partial charge in [-0.25, -0.2) is 0 Å². The van der Waals surface area contributed by atoms with Crippen LogP contribution in [-0.2, 0) is 4.79 Å².